The average Bonchev–Trinajstić information content (AvgIpc) is 3.26. The van der Waals surface area contributed by atoms with Crippen LogP contribution >= 0.6 is 11.3 Å². The lowest BCUT2D eigenvalue weighted by molar-refractivity contribution is -0.139. The summed E-state index contributed by atoms with van der Waals surface area (Å²) in [5, 5.41) is 11.7. The lowest BCUT2D eigenvalue weighted by Crippen LogP contribution is -2.40. The second-order valence-electron chi connectivity index (χ2n) is 8.93. The van der Waals surface area contributed by atoms with E-state index in [0.717, 1.165) is 5.56 Å². The minimum Gasteiger partial charge on any atom is -0.497 e. The molecule has 0 spiro atoms. The Morgan fingerprint density at radius 1 is 1.05 bits per heavy atom. The van der Waals surface area contributed by atoms with Crippen LogP contribution in [0.1, 0.15) is 24.1 Å². The molecule has 9 nitrogen and oxygen atoms in total. The molecule has 0 bridgehead atoms. The Labute approximate surface area is 233 Å². The summed E-state index contributed by atoms with van der Waals surface area (Å²) in [6, 6.07) is 22.4. The first kappa shape index (κ1) is 26.6. The van der Waals surface area contributed by atoms with Gasteiger partial charge in [-0.05, 0) is 60.5 Å². The van der Waals surface area contributed by atoms with Crippen LogP contribution in [-0.2, 0) is 9.59 Å². The van der Waals surface area contributed by atoms with Crippen molar-refractivity contribution in [3.05, 3.63) is 121 Å². The molecule has 10 heteroatoms. The van der Waals surface area contributed by atoms with Crippen molar-refractivity contribution in [1.29, 1.82) is 0 Å². The molecular formula is C30H25N3O6S. The molecule has 5 rings (SSSR count). The molecule has 2 heterocycles. The standard InChI is InChI=1S/C30H25N3O6S/c1-18-26(28(36)32-21-8-4-3-5-9-21)27(20-7-6-10-23(16-20)38-2)33-29(37)24(40-30(33)31-18)15-19-11-13-22(14-12-19)39-17-25(34)35/h3-16,27H,17H2,1-2H3,(H,32,36)(H,34,35)/b24-15-/t27-/m1/s1. The van der Waals surface area contributed by atoms with Crippen molar-refractivity contribution in [2.75, 3.05) is 19.0 Å². The fourth-order valence-electron chi connectivity index (χ4n) is 4.42. The largest absolute Gasteiger partial charge is 0.497 e. The molecule has 0 unspecified atom stereocenters. The predicted octanol–water partition coefficient (Wildman–Crippen LogP) is 3.35. The number of hydrogen-bond donors (Lipinski definition) is 2. The zero-order valence-corrected chi connectivity index (χ0v) is 22.5. The topological polar surface area (TPSA) is 119 Å². The van der Waals surface area contributed by atoms with Crippen molar-refractivity contribution >= 4 is 35.0 Å². The van der Waals surface area contributed by atoms with Gasteiger partial charge in [0, 0.05) is 5.69 Å². The molecule has 40 heavy (non-hydrogen) atoms. The van der Waals surface area contributed by atoms with E-state index in [4.69, 9.17) is 14.6 Å². The molecule has 4 aromatic rings. The van der Waals surface area contributed by atoms with E-state index in [1.54, 1.807) is 67.1 Å². The molecule has 1 aromatic heterocycles. The van der Waals surface area contributed by atoms with Crippen molar-refractivity contribution < 1.29 is 24.2 Å². The number of carbonyl (C=O) groups is 2. The summed E-state index contributed by atoms with van der Waals surface area (Å²) in [4.78, 5) is 43.4. The highest BCUT2D eigenvalue weighted by molar-refractivity contribution is 7.07. The number of nitrogens with zero attached hydrogens (tertiary/aromatic N) is 2. The van der Waals surface area contributed by atoms with E-state index in [2.05, 4.69) is 10.3 Å². The normalized spacial score (nSPS) is 14.8. The zero-order chi connectivity index (χ0) is 28.2. The average molecular weight is 556 g/mol. The first-order chi connectivity index (χ1) is 19.3. The van der Waals surface area contributed by atoms with E-state index in [1.165, 1.54) is 11.3 Å². The number of carboxylic acid groups (broad SMARTS) is 1. The summed E-state index contributed by atoms with van der Waals surface area (Å²) in [6.45, 7) is 1.32. The predicted molar refractivity (Wildman–Crippen MR) is 151 cm³/mol. The maximum absolute atomic E-state index is 13.8. The number of anilines is 1. The van der Waals surface area contributed by atoms with Crippen molar-refractivity contribution in [2.24, 2.45) is 4.99 Å². The van der Waals surface area contributed by atoms with Gasteiger partial charge in [0.1, 0.15) is 11.5 Å². The number of thiazole rings is 1. The zero-order valence-electron chi connectivity index (χ0n) is 21.7. The molecule has 1 atom stereocenters. The molecule has 0 fully saturated rings. The van der Waals surface area contributed by atoms with E-state index in [1.807, 2.05) is 36.4 Å². The van der Waals surface area contributed by atoms with Gasteiger partial charge < -0.3 is 19.9 Å². The number of para-hydroxylation sites is 1. The highest BCUT2D eigenvalue weighted by atomic mass is 32.1. The van der Waals surface area contributed by atoms with Crippen molar-refractivity contribution in [3.63, 3.8) is 0 Å². The van der Waals surface area contributed by atoms with E-state index in [9.17, 15) is 14.4 Å². The molecule has 0 saturated carbocycles. The lowest BCUT2D eigenvalue weighted by atomic mass is 9.95. The molecule has 3 aromatic carbocycles. The van der Waals surface area contributed by atoms with Gasteiger partial charge in [0.15, 0.2) is 11.4 Å². The number of carboxylic acids is 1. The van der Waals surface area contributed by atoms with Gasteiger partial charge in [-0.1, -0.05) is 53.8 Å². The summed E-state index contributed by atoms with van der Waals surface area (Å²) in [6.07, 6.45) is 1.73. The molecule has 1 aliphatic rings. The SMILES string of the molecule is COc1cccc([C@@H]2C(C(=O)Nc3ccccc3)=C(C)N=c3s/c(=C\c4ccc(OCC(=O)O)cc4)c(=O)n32)c1. The third-order valence-electron chi connectivity index (χ3n) is 6.25. The van der Waals surface area contributed by atoms with Gasteiger partial charge >= 0.3 is 5.97 Å². The Morgan fingerprint density at radius 3 is 2.50 bits per heavy atom. The van der Waals surface area contributed by atoms with Crippen molar-refractivity contribution in [1.82, 2.24) is 4.57 Å². The number of methoxy groups -OCH3 is 1. The fourth-order valence-corrected chi connectivity index (χ4v) is 5.46. The maximum atomic E-state index is 13.8. The number of amides is 1. The third kappa shape index (κ3) is 5.57. The van der Waals surface area contributed by atoms with Crippen LogP contribution in [-0.4, -0.2) is 35.3 Å². The van der Waals surface area contributed by atoms with Gasteiger partial charge in [0.25, 0.3) is 11.5 Å². The number of nitrogens with one attached hydrogen (secondary N) is 1. The number of rotatable bonds is 8. The van der Waals surface area contributed by atoms with Crippen LogP contribution in [0.2, 0.25) is 0 Å². The van der Waals surface area contributed by atoms with Crippen LogP contribution in [0.15, 0.2) is 99.9 Å². The van der Waals surface area contributed by atoms with Gasteiger partial charge in [-0.25, -0.2) is 9.79 Å². The van der Waals surface area contributed by atoms with Crippen LogP contribution in [0, 0.1) is 0 Å². The van der Waals surface area contributed by atoms with E-state index in [-0.39, 0.29) is 11.5 Å². The molecule has 2 N–H and O–H groups in total. The molecule has 1 amide bonds. The quantitative estimate of drug-likeness (QED) is 0.344. The Kier molecular flexibility index (Phi) is 7.61. The number of carbonyl (C=O) groups excluding carboxylic acids is 1. The molecule has 0 aliphatic carbocycles. The number of fused-ring (bicyclic) bond motifs is 1. The number of hydrogen-bond acceptors (Lipinski definition) is 7. The first-order valence-electron chi connectivity index (χ1n) is 12.3. The minimum absolute atomic E-state index is 0.291. The van der Waals surface area contributed by atoms with Gasteiger partial charge in [-0.3, -0.25) is 14.2 Å². The second-order valence-corrected chi connectivity index (χ2v) is 9.94. The Bertz CT molecular complexity index is 1790. The van der Waals surface area contributed by atoms with Crippen LogP contribution in [0.3, 0.4) is 0 Å². The Balaban J connectivity index is 1.59. The third-order valence-corrected chi connectivity index (χ3v) is 7.23. The molecule has 0 radical (unpaired) electrons. The first-order valence-corrected chi connectivity index (χ1v) is 13.1. The van der Waals surface area contributed by atoms with Crippen LogP contribution < -0.4 is 29.7 Å². The van der Waals surface area contributed by atoms with Crippen molar-refractivity contribution in [3.8, 4) is 11.5 Å². The number of aromatic nitrogens is 1. The maximum Gasteiger partial charge on any atom is 0.341 e. The Morgan fingerprint density at radius 2 is 1.80 bits per heavy atom. The highest BCUT2D eigenvalue weighted by Gasteiger charge is 2.32. The molecular weight excluding hydrogens is 530 g/mol. The highest BCUT2D eigenvalue weighted by Crippen LogP contribution is 2.32. The lowest BCUT2D eigenvalue weighted by Gasteiger charge is -2.25. The van der Waals surface area contributed by atoms with Crippen molar-refractivity contribution in [2.45, 2.75) is 13.0 Å². The minimum atomic E-state index is -1.07. The van der Waals surface area contributed by atoms with E-state index < -0.39 is 18.6 Å². The smallest absolute Gasteiger partial charge is 0.341 e. The second kappa shape index (κ2) is 11.4. The molecule has 0 saturated heterocycles. The summed E-state index contributed by atoms with van der Waals surface area (Å²) < 4.78 is 12.6. The van der Waals surface area contributed by atoms with Crippen LogP contribution in [0.4, 0.5) is 5.69 Å². The van der Waals surface area contributed by atoms with Gasteiger partial charge in [0.2, 0.25) is 0 Å². The summed E-state index contributed by atoms with van der Waals surface area (Å²) in [5.41, 5.74) is 2.64. The van der Waals surface area contributed by atoms with Gasteiger partial charge in [0.05, 0.1) is 29.0 Å². The number of benzene rings is 3. The number of aliphatic carboxylic acids is 1. The van der Waals surface area contributed by atoms with Gasteiger partial charge in [-0.2, -0.15) is 0 Å². The van der Waals surface area contributed by atoms with Crippen LogP contribution in [0.25, 0.3) is 6.08 Å². The van der Waals surface area contributed by atoms with Gasteiger partial charge in [-0.15, -0.1) is 0 Å². The van der Waals surface area contributed by atoms with E-state index in [0.29, 0.717) is 43.4 Å². The van der Waals surface area contributed by atoms with Crippen LogP contribution in [0.5, 0.6) is 11.5 Å². The summed E-state index contributed by atoms with van der Waals surface area (Å²) >= 11 is 1.23. The number of allylic oxidation sites excluding steroid dienone is 1. The monoisotopic (exact) mass is 555 g/mol. The summed E-state index contributed by atoms with van der Waals surface area (Å²) in [7, 11) is 1.56. The van der Waals surface area contributed by atoms with E-state index >= 15 is 0 Å². The number of ether oxygens (including phenoxy) is 2. The fraction of sp³-hybridized carbons (Fsp3) is 0.133. The Hall–Kier alpha value is -4.96. The molecule has 202 valence electrons. The molecule has 1 aliphatic heterocycles. The summed E-state index contributed by atoms with van der Waals surface area (Å²) in [5.74, 6) is -0.416.